The zero-order valence-corrected chi connectivity index (χ0v) is 13.1. The van der Waals surface area contributed by atoms with E-state index in [0.29, 0.717) is 19.6 Å². The fraction of sp³-hybridized carbons (Fsp3) is 0.857. The van der Waals surface area contributed by atoms with Gasteiger partial charge >= 0.3 is 0 Å². The van der Waals surface area contributed by atoms with Crippen molar-refractivity contribution >= 4 is 11.7 Å². The van der Waals surface area contributed by atoms with Crippen molar-refractivity contribution in [3.05, 3.63) is 0 Å². The van der Waals surface area contributed by atoms with Gasteiger partial charge in [-0.2, -0.15) is 0 Å². The van der Waals surface area contributed by atoms with Crippen molar-refractivity contribution in [1.29, 1.82) is 0 Å². The van der Waals surface area contributed by atoms with Gasteiger partial charge in [-0.25, -0.2) is 0 Å². The van der Waals surface area contributed by atoms with E-state index in [4.69, 9.17) is 4.74 Å². The van der Waals surface area contributed by atoms with Crippen LogP contribution in [0.1, 0.15) is 47.5 Å². The summed E-state index contributed by atoms with van der Waals surface area (Å²) in [6.07, 6.45) is 0.535. The summed E-state index contributed by atoms with van der Waals surface area (Å²) in [5.74, 6) is -0.0822. The predicted molar refractivity (Wildman–Crippen MR) is 76.1 cm³/mol. The average Bonchev–Trinajstić information content (AvgIpc) is 2.32. The maximum absolute atomic E-state index is 11.5. The lowest BCUT2D eigenvalue weighted by Gasteiger charge is -2.32. The van der Waals surface area contributed by atoms with Crippen LogP contribution in [-0.4, -0.2) is 43.0 Å². The Hall–Kier alpha value is -0.940. The topological polar surface area (TPSA) is 67.4 Å². The van der Waals surface area contributed by atoms with Crippen LogP contribution in [0.4, 0.5) is 0 Å². The number of rotatable bonds is 9. The normalized spacial score (nSPS) is 12.3. The number of ether oxygens (including phenoxy) is 1. The molecule has 0 saturated heterocycles. The van der Waals surface area contributed by atoms with Crippen LogP contribution in [0.15, 0.2) is 0 Å². The molecule has 19 heavy (non-hydrogen) atoms. The van der Waals surface area contributed by atoms with Crippen LogP contribution >= 0.6 is 0 Å². The molecule has 0 aliphatic rings. The van der Waals surface area contributed by atoms with Crippen molar-refractivity contribution in [2.45, 2.75) is 58.6 Å². The molecule has 5 nitrogen and oxygen atoms in total. The van der Waals surface area contributed by atoms with Crippen LogP contribution in [0.5, 0.6) is 0 Å². The minimum absolute atomic E-state index is 0.0291. The van der Waals surface area contributed by atoms with E-state index < -0.39 is 5.60 Å². The number of amides is 1. The molecule has 112 valence electrons. The molecule has 0 fully saturated rings. The first-order valence-electron chi connectivity index (χ1n) is 6.67. The maximum atomic E-state index is 11.5. The number of likely N-dealkylation sites (N-methyl/N-ethyl adjacent to an activating group) is 1. The van der Waals surface area contributed by atoms with E-state index in [1.807, 2.05) is 20.9 Å². The van der Waals surface area contributed by atoms with Gasteiger partial charge in [0.05, 0.1) is 12.2 Å². The lowest BCUT2D eigenvalue weighted by atomic mass is 10.1. The van der Waals surface area contributed by atoms with Gasteiger partial charge in [-0.1, -0.05) is 0 Å². The molecule has 0 unspecified atom stereocenters. The number of nitrogens with one attached hydrogen (secondary N) is 2. The minimum Gasteiger partial charge on any atom is -0.372 e. The molecule has 0 atom stereocenters. The molecule has 0 radical (unpaired) electrons. The quantitative estimate of drug-likeness (QED) is 0.663. The van der Waals surface area contributed by atoms with Gasteiger partial charge in [0.2, 0.25) is 5.91 Å². The van der Waals surface area contributed by atoms with E-state index in [1.165, 1.54) is 6.92 Å². The zero-order valence-electron chi connectivity index (χ0n) is 13.1. The first-order chi connectivity index (χ1) is 8.58. The molecule has 0 bridgehead atoms. The smallest absolute Gasteiger partial charge is 0.220 e. The lowest BCUT2D eigenvalue weighted by Crippen LogP contribution is -2.47. The molecule has 2 N–H and O–H groups in total. The Bertz CT molecular complexity index is 312. The first kappa shape index (κ1) is 18.1. The van der Waals surface area contributed by atoms with Crippen LogP contribution < -0.4 is 10.6 Å². The predicted octanol–water partition coefficient (Wildman–Crippen LogP) is 1.26. The largest absolute Gasteiger partial charge is 0.372 e. The van der Waals surface area contributed by atoms with Gasteiger partial charge in [0, 0.05) is 24.9 Å². The summed E-state index contributed by atoms with van der Waals surface area (Å²) in [6.45, 7) is 10.4. The van der Waals surface area contributed by atoms with E-state index in [1.54, 1.807) is 0 Å². The SMILES string of the molecule is CNC(C)(C)COC(C)(C)CNC(=O)CCC(C)=O. The van der Waals surface area contributed by atoms with Crippen molar-refractivity contribution in [1.82, 2.24) is 10.6 Å². The molecule has 0 aromatic heterocycles. The second-order valence-electron chi connectivity index (χ2n) is 6.16. The van der Waals surface area contributed by atoms with Crippen molar-refractivity contribution < 1.29 is 14.3 Å². The van der Waals surface area contributed by atoms with Crippen LogP contribution in [-0.2, 0) is 14.3 Å². The van der Waals surface area contributed by atoms with E-state index in [9.17, 15) is 9.59 Å². The second-order valence-corrected chi connectivity index (χ2v) is 6.16. The molecule has 5 heteroatoms. The summed E-state index contributed by atoms with van der Waals surface area (Å²) in [5, 5.41) is 5.96. The standard InChI is InChI=1S/C14H28N2O3/c1-11(17)7-8-12(18)16-9-14(4,5)19-10-13(2,3)15-6/h15H,7-10H2,1-6H3,(H,16,18). The van der Waals surface area contributed by atoms with Gasteiger partial charge in [-0.05, 0) is 41.7 Å². The van der Waals surface area contributed by atoms with Crippen LogP contribution in [0.2, 0.25) is 0 Å². The fourth-order valence-electron chi connectivity index (χ4n) is 1.19. The molecule has 0 heterocycles. The van der Waals surface area contributed by atoms with Gasteiger partial charge in [0.1, 0.15) is 5.78 Å². The summed E-state index contributed by atoms with van der Waals surface area (Å²) in [6, 6.07) is 0. The third-order valence-electron chi connectivity index (χ3n) is 2.92. The molecule has 0 aromatic rings. The number of hydrogen-bond donors (Lipinski definition) is 2. The van der Waals surface area contributed by atoms with Crippen molar-refractivity contribution in [2.24, 2.45) is 0 Å². The molecular weight excluding hydrogens is 244 g/mol. The Morgan fingerprint density at radius 2 is 1.68 bits per heavy atom. The van der Waals surface area contributed by atoms with Crippen LogP contribution in [0, 0.1) is 0 Å². The highest BCUT2D eigenvalue weighted by atomic mass is 16.5. The van der Waals surface area contributed by atoms with Crippen LogP contribution in [0.25, 0.3) is 0 Å². The first-order valence-corrected chi connectivity index (χ1v) is 6.67. The molecular formula is C14H28N2O3. The summed E-state index contributed by atoms with van der Waals surface area (Å²) in [4.78, 5) is 22.3. The average molecular weight is 272 g/mol. The number of ketones is 1. The molecule has 0 spiro atoms. The zero-order chi connectivity index (χ0) is 15.1. The maximum Gasteiger partial charge on any atom is 0.220 e. The molecule has 0 rings (SSSR count). The van der Waals surface area contributed by atoms with Gasteiger partial charge < -0.3 is 20.2 Å². The minimum atomic E-state index is -0.431. The summed E-state index contributed by atoms with van der Waals surface area (Å²) >= 11 is 0. The van der Waals surface area contributed by atoms with Crippen molar-refractivity contribution in [3.63, 3.8) is 0 Å². The second kappa shape index (κ2) is 7.60. The van der Waals surface area contributed by atoms with Crippen molar-refractivity contribution in [3.8, 4) is 0 Å². The van der Waals surface area contributed by atoms with E-state index in [0.717, 1.165) is 0 Å². The highest BCUT2D eigenvalue weighted by molar-refractivity contribution is 5.83. The molecule has 0 saturated carbocycles. The molecule has 0 aromatic carbocycles. The number of hydrogen-bond acceptors (Lipinski definition) is 4. The number of carbonyl (C=O) groups is 2. The summed E-state index contributed by atoms with van der Waals surface area (Å²) in [7, 11) is 1.89. The summed E-state index contributed by atoms with van der Waals surface area (Å²) < 4.78 is 5.82. The van der Waals surface area contributed by atoms with Gasteiger partial charge in [0.15, 0.2) is 0 Å². The van der Waals surface area contributed by atoms with E-state index >= 15 is 0 Å². The molecule has 0 aliphatic carbocycles. The Morgan fingerprint density at radius 1 is 1.11 bits per heavy atom. The number of carbonyl (C=O) groups excluding carboxylic acids is 2. The molecule has 0 aliphatic heterocycles. The summed E-state index contributed by atoms with van der Waals surface area (Å²) in [5.41, 5.74) is -0.532. The van der Waals surface area contributed by atoms with Gasteiger partial charge in [-0.15, -0.1) is 0 Å². The van der Waals surface area contributed by atoms with E-state index in [2.05, 4.69) is 24.5 Å². The van der Waals surface area contributed by atoms with E-state index in [-0.39, 0.29) is 23.7 Å². The third kappa shape index (κ3) is 9.62. The Labute approximate surface area is 116 Å². The van der Waals surface area contributed by atoms with Gasteiger partial charge in [-0.3, -0.25) is 4.79 Å². The van der Waals surface area contributed by atoms with Crippen LogP contribution in [0.3, 0.4) is 0 Å². The Kier molecular flexibility index (Phi) is 7.23. The Morgan fingerprint density at radius 3 is 2.16 bits per heavy atom. The highest BCUT2D eigenvalue weighted by Gasteiger charge is 2.24. The monoisotopic (exact) mass is 272 g/mol. The third-order valence-corrected chi connectivity index (χ3v) is 2.92. The number of Topliss-reactive ketones (excluding diaryl/α,β-unsaturated/α-hetero) is 1. The highest BCUT2D eigenvalue weighted by Crippen LogP contribution is 2.12. The molecule has 1 amide bonds. The van der Waals surface area contributed by atoms with Gasteiger partial charge in [0.25, 0.3) is 0 Å². The Balaban J connectivity index is 4.02. The van der Waals surface area contributed by atoms with Crippen molar-refractivity contribution in [2.75, 3.05) is 20.2 Å². The lowest BCUT2D eigenvalue weighted by molar-refractivity contribution is -0.126. The fourth-order valence-corrected chi connectivity index (χ4v) is 1.19.